The largest absolute Gasteiger partial charge is 0.441 e. The van der Waals surface area contributed by atoms with E-state index in [1.54, 1.807) is 0 Å². The molecule has 21 heavy (non-hydrogen) atoms. The molecule has 106 valence electrons. The molecule has 2 aromatic carbocycles. The Balaban J connectivity index is 1.70. The predicted octanol–water partition coefficient (Wildman–Crippen LogP) is 3.37. The minimum Gasteiger partial charge on any atom is -0.441 e. The van der Waals surface area contributed by atoms with E-state index in [1.807, 2.05) is 56.3 Å². The number of aryl methyl sites for hydroxylation is 2. The normalized spacial score (nSPS) is 10.8. The molecular formula is C17H16N2O2. The van der Waals surface area contributed by atoms with Crippen molar-refractivity contribution in [3.8, 4) is 0 Å². The van der Waals surface area contributed by atoms with E-state index < -0.39 is 0 Å². The van der Waals surface area contributed by atoms with Gasteiger partial charge in [-0.2, -0.15) is 0 Å². The van der Waals surface area contributed by atoms with Crippen LogP contribution in [-0.2, 0) is 6.54 Å². The third-order valence-electron chi connectivity index (χ3n) is 3.33. The molecule has 0 aliphatic carbocycles. The minimum atomic E-state index is -0.0798. The van der Waals surface area contributed by atoms with E-state index in [9.17, 15) is 4.79 Å². The maximum absolute atomic E-state index is 12.1. The summed E-state index contributed by atoms with van der Waals surface area (Å²) in [5, 5.41) is 2.91. The molecule has 0 fully saturated rings. The molecular weight excluding hydrogens is 264 g/mol. The van der Waals surface area contributed by atoms with Crippen LogP contribution in [-0.4, -0.2) is 10.9 Å². The molecule has 3 rings (SSSR count). The van der Waals surface area contributed by atoms with E-state index in [-0.39, 0.29) is 5.91 Å². The fourth-order valence-corrected chi connectivity index (χ4v) is 2.18. The summed E-state index contributed by atoms with van der Waals surface area (Å²) in [4.78, 5) is 16.3. The van der Waals surface area contributed by atoms with Crippen molar-refractivity contribution in [1.82, 2.24) is 10.3 Å². The van der Waals surface area contributed by atoms with Gasteiger partial charge >= 0.3 is 0 Å². The average molecular weight is 280 g/mol. The van der Waals surface area contributed by atoms with Crippen molar-refractivity contribution in [3.63, 3.8) is 0 Å². The van der Waals surface area contributed by atoms with Gasteiger partial charge < -0.3 is 9.73 Å². The zero-order valence-corrected chi connectivity index (χ0v) is 12.0. The number of hydrogen-bond acceptors (Lipinski definition) is 3. The summed E-state index contributed by atoms with van der Waals surface area (Å²) >= 11 is 0. The highest BCUT2D eigenvalue weighted by atomic mass is 16.3. The lowest BCUT2D eigenvalue weighted by molar-refractivity contribution is 0.0951. The quantitative estimate of drug-likeness (QED) is 0.800. The minimum absolute atomic E-state index is 0.0798. The van der Waals surface area contributed by atoms with Gasteiger partial charge in [0, 0.05) is 19.0 Å². The first kappa shape index (κ1) is 13.4. The Morgan fingerprint density at radius 3 is 2.67 bits per heavy atom. The van der Waals surface area contributed by atoms with E-state index >= 15 is 0 Å². The van der Waals surface area contributed by atoms with Crippen LogP contribution in [0.25, 0.3) is 11.1 Å². The third kappa shape index (κ3) is 2.94. The molecule has 0 spiro atoms. The summed E-state index contributed by atoms with van der Waals surface area (Å²) < 4.78 is 5.49. The molecule has 0 saturated heterocycles. The van der Waals surface area contributed by atoms with Crippen LogP contribution in [0.5, 0.6) is 0 Å². The first-order valence-electron chi connectivity index (χ1n) is 6.83. The van der Waals surface area contributed by atoms with Gasteiger partial charge in [0.05, 0.1) is 0 Å². The second-order valence-corrected chi connectivity index (χ2v) is 5.08. The van der Waals surface area contributed by atoms with Gasteiger partial charge in [-0.15, -0.1) is 0 Å². The van der Waals surface area contributed by atoms with Crippen LogP contribution in [0.4, 0.5) is 0 Å². The number of hydrogen-bond donors (Lipinski definition) is 1. The van der Waals surface area contributed by atoms with Gasteiger partial charge in [0.1, 0.15) is 5.52 Å². The molecule has 0 aliphatic heterocycles. The lowest BCUT2D eigenvalue weighted by Gasteiger charge is -2.05. The Bertz CT molecular complexity index is 788. The van der Waals surface area contributed by atoms with Crippen molar-refractivity contribution >= 4 is 17.0 Å². The molecule has 0 atom stereocenters. The van der Waals surface area contributed by atoms with Gasteiger partial charge in [-0.05, 0) is 36.8 Å². The Hall–Kier alpha value is -2.62. The van der Waals surface area contributed by atoms with Crippen LogP contribution in [0.1, 0.15) is 27.4 Å². The van der Waals surface area contributed by atoms with Gasteiger partial charge in [0.2, 0.25) is 0 Å². The highest BCUT2D eigenvalue weighted by molar-refractivity contribution is 5.94. The van der Waals surface area contributed by atoms with E-state index in [0.29, 0.717) is 18.0 Å². The predicted molar refractivity (Wildman–Crippen MR) is 81.1 cm³/mol. The van der Waals surface area contributed by atoms with Gasteiger partial charge in [-0.3, -0.25) is 4.79 Å². The van der Waals surface area contributed by atoms with E-state index in [1.165, 1.54) is 0 Å². The number of nitrogens with zero attached hydrogens (tertiary/aromatic N) is 1. The first-order chi connectivity index (χ1) is 10.1. The number of aromatic nitrogens is 1. The molecule has 0 unspecified atom stereocenters. The van der Waals surface area contributed by atoms with E-state index in [4.69, 9.17) is 4.42 Å². The van der Waals surface area contributed by atoms with Crippen molar-refractivity contribution < 1.29 is 9.21 Å². The van der Waals surface area contributed by atoms with E-state index in [0.717, 1.165) is 22.2 Å². The number of carbonyl (C=O) groups excluding carboxylic acids is 1. The van der Waals surface area contributed by atoms with Crippen molar-refractivity contribution in [2.24, 2.45) is 0 Å². The topological polar surface area (TPSA) is 55.1 Å². The maximum atomic E-state index is 12.1. The number of oxazole rings is 1. The number of carbonyl (C=O) groups is 1. The highest BCUT2D eigenvalue weighted by Gasteiger charge is 2.06. The molecule has 1 heterocycles. The summed E-state index contributed by atoms with van der Waals surface area (Å²) in [5.41, 5.74) is 4.37. The standard InChI is InChI=1S/C17H16N2O2/c1-11-3-6-14(7-4-11)17(20)18-10-13-5-8-15-16(9-13)21-12(2)19-15/h3-9H,10H2,1-2H3,(H,18,20). The summed E-state index contributed by atoms with van der Waals surface area (Å²) in [6, 6.07) is 13.3. The van der Waals surface area contributed by atoms with E-state index in [2.05, 4.69) is 10.3 Å². The van der Waals surface area contributed by atoms with Crippen molar-refractivity contribution in [3.05, 3.63) is 65.0 Å². The molecule has 4 nitrogen and oxygen atoms in total. The molecule has 1 N–H and O–H groups in total. The number of amides is 1. The summed E-state index contributed by atoms with van der Waals surface area (Å²) in [6.45, 7) is 4.28. The second-order valence-electron chi connectivity index (χ2n) is 5.08. The Kier molecular flexibility index (Phi) is 3.44. The number of rotatable bonds is 3. The molecule has 1 amide bonds. The molecule has 3 aromatic rings. The van der Waals surface area contributed by atoms with Crippen LogP contribution >= 0.6 is 0 Å². The highest BCUT2D eigenvalue weighted by Crippen LogP contribution is 2.16. The van der Waals surface area contributed by atoms with Crippen molar-refractivity contribution in [2.75, 3.05) is 0 Å². The molecule has 4 heteroatoms. The fraction of sp³-hybridized carbons (Fsp3) is 0.176. The monoisotopic (exact) mass is 280 g/mol. The lowest BCUT2D eigenvalue weighted by atomic mass is 10.1. The third-order valence-corrected chi connectivity index (χ3v) is 3.33. The molecule has 0 saturated carbocycles. The van der Waals surface area contributed by atoms with Crippen LogP contribution in [0.3, 0.4) is 0 Å². The van der Waals surface area contributed by atoms with Crippen LogP contribution in [0.2, 0.25) is 0 Å². The first-order valence-corrected chi connectivity index (χ1v) is 6.83. The smallest absolute Gasteiger partial charge is 0.251 e. The Labute approximate surface area is 122 Å². The Morgan fingerprint density at radius 1 is 1.14 bits per heavy atom. The molecule has 0 aliphatic rings. The maximum Gasteiger partial charge on any atom is 0.251 e. The second kappa shape index (κ2) is 5.40. The molecule has 1 aromatic heterocycles. The number of nitrogens with one attached hydrogen (secondary N) is 1. The summed E-state index contributed by atoms with van der Waals surface area (Å²) in [5.74, 6) is 0.565. The zero-order valence-electron chi connectivity index (χ0n) is 12.0. The fourth-order valence-electron chi connectivity index (χ4n) is 2.18. The molecule has 0 bridgehead atoms. The van der Waals surface area contributed by atoms with Crippen molar-refractivity contribution in [1.29, 1.82) is 0 Å². The van der Waals surface area contributed by atoms with Gasteiger partial charge in [-0.25, -0.2) is 4.98 Å². The number of benzene rings is 2. The summed E-state index contributed by atoms with van der Waals surface area (Å²) in [7, 11) is 0. The van der Waals surface area contributed by atoms with Gasteiger partial charge in [-0.1, -0.05) is 23.8 Å². The van der Waals surface area contributed by atoms with Crippen molar-refractivity contribution in [2.45, 2.75) is 20.4 Å². The SMILES string of the molecule is Cc1ccc(C(=O)NCc2ccc3nc(C)oc3c2)cc1. The lowest BCUT2D eigenvalue weighted by Crippen LogP contribution is -2.22. The van der Waals surface area contributed by atoms with Crippen LogP contribution in [0.15, 0.2) is 46.9 Å². The number of fused-ring (bicyclic) bond motifs is 1. The Morgan fingerprint density at radius 2 is 1.90 bits per heavy atom. The zero-order chi connectivity index (χ0) is 14.8. The van der Waals surface area contributed by atoms with Crippen LogP contribution < -0.4 is 5.32 Å². The molecule has 0 radical (unpaired) electrons. The van der Waals surface area contributed by atoms with Crippen LogP contribution in [0, 0.1) is 13.8 Å². The van der Waals surface area contributed by atoms with Gasteiger partial charge in [0.15, 0.2) is 11.5 Å². The summed E-state index contributed by atoms with van der Waals surface area (Å²) in [6.07, 6.45) is 0. The van der Waals surface area contributed by atoms with Gasteiger partial charge in [0.25, 0.3) is 5.91 Å². The average Bonchev–Trinajstić information content (AvgIpc) is 2.84.